The van der Waals surface area contributed by atoms with E-state index in [-0.39, 0.29) is 22.1 Å². The van der Waals surface area contributed by atoms with Gasteiger partial charge in [0.25, 0.3) is 15.9 Å². The average Bonchev–Trinajstić information content (AvgIpc) is 3.54. The van der Waals surface area contributed by atoms with E-state index in [1.54, 1.807) is 65.1 Å². The second-order valence-corrected chi connectivity index (χ2v) is 13.5. The molecule has 2 N–H and O–H groups in total. The maximum absolute atomic E-state index is 13.7. The van der Waals surface area contributed by atoms with Gasteiger partial charge in [0.05, 0.1) is 26.4 Å². The largest absolute Gasteiger partial charge is 0.313 e. The lowest BCUT2D eigenvalue weighted by Crippen LogP contribution is -2.30. The van der Waals surface area contributed by atoms with E-state index in [4.69, 9.17) is 4.98 Å². The summed E-state index contributed by atoms with van der Waals surface area (Å²) in [7, 11) is -3.86. The Hall–Kier alpha value is -3.57. The zero-order chi connectivity index (χ0) is 27.7. The van der Waals surface area contributed by atoms with Gasteiger partial charge in [0.15, 0.2) is 0 Å². The van der Waals surface area contributed by atoms with Gasteiger partial charge >= 0.3 is 0 Å². The maximum atomic E-state index is 13.7. The Morgan fingerprint density at radius 2 is 1.73 bits per heavy atom. The van der Waals surface area contributed by atoms with Crippen LogP contribution in [0.3, 0.4) is 0 Å². The predicted molar refractivity (Wildman–Crippen MR) is 164 cm³/mol. The van der Waals surface area contributed by atoms with E-state index in [1.807, 2.05) is 18.2 Å². The Bertz CT molecular complexity index is 1760. The fourth-order valence-electron chi connectivity index (χ4n) is 5.00. The topological polar surface area (TPSA) is 91.4 Å². The van der Waals surface area contributed by atoms with Crippen LogP contribution in [0, 0.1) is 0 Å². The van der Waals surface area contributed by atoms with Crippen molar-refractivity contribution in [3.63, 3.8) is 0 Å². The van der Waals surface area contributed by atoms with E-state index in [0.29, 0.717) is 0 Å². The molecule has 0 spiro atoms. The van der Waals surface area contributed by atoms with Crippen molar-refractivity contribution in [2.75, 3.05) is 23.1 Å². The van der Waals surface area contributed by atoms with Gasteiger partial charge in [-0.1, -0.05) is 49.4 Å². The summed E-state index contributed by atoms with van der Waals surface area (Å²) in [6, 6.07) is 22.8. The van der Waals surface area contributed by atoms with Crippen LogP contribution in [0.5, 0.6) is 0 Å². The first-order chi connectivity index (χ1) is 19.4. The molecule has 10 heteroatoms. The SMILES string of the molecule is CCCN1CCc2c(sc(NC(=O)c3ccccc3NS(=O)(=O)c3ccccc3)c2-c2nc3ccccc3s2)C1. The molecule has 0 bridgehead atoms. The molecule has 1 aliphatic rings. The molecule has 0 atom stereocenters. The number of nitrogens with one attached hydrogen (secondary N) is 2. The summed E-state index contributed by atoms with van der Waals surface area (Å²) in [5.74, 6) is -0.377. The van der Waals surface area contributed by atoms with Crippen molar-refractivity contribution < 1.29 is 13.2 Å². The molecule has 0 saturated heterocycles. The average molecular weight is 589 g/mol. The number of amides is 1. The second kappa shape index (κ2) is 11.1. The molecule has 7 nitrogen and oxygen atoms in total. The van der Waals surface area contributed by atoms with Crippen molar-refractivity contribution in [1.82, 2.24) is 9.88 Å². The van der Waals surface area contributed by atoms with Gasteiger partial charge in [0.1, 0.15) is 10.0 Å². The van der Waals surface area contributed by atoms with Gasteiger partial charge in [-0.15, -0.1) is 22.7 Å². The van der Waals surface area contributed by atoms with E-state index in [2.05, 4.69) is 27.9 Å². The summed E-state index contributed by atoms with van der Waals surface area (Å²) in [5, 5.41) is 4.76. The van der Waals surface area contributed by atoms with E-state index in [1.165, 1.54) is 22.6 Å². The van der Waals surface area contributed by atoms with Crippen LogP contribution in [0.15, 0.2) is 83.8 Å². The molecule has 2 aromatic heterocycles. The standard InChI is InChI=1S/C30H28N4O3S3/c1-2-17-34-18-16-22-26(19-34)39-30(27(22)29-31-24-14-8-9-15-25(24)38-29)32-28(35)21-12-6-7-13-23(21)33-40(36,37)20-10-4-3-5-11-20/h3-15,33H,2,16-19H2,1H3,(H,32,35). The monoisotopic (exact) mass is 588 g/mol. The highest BCUT2D eigenvalue weighted by Gasteiger charge is 2.28. The fourth-order valence-corrected chi connectivity index (χ4v) is 8.50. The Morgan fingerprint density at radius 1 is 0.975 bits per heavy atom. The van der Waals surface area contributed by atoms with Crippen molar-refractivity contribution in [1.29, 1.82) is 0 Å². The normalized spacial score (nSPS) is 13.7. The summed E-state index contributed by atoms with van der Waals surface area (Å²) in [6.45, 7) is 5.03. The number of sulfonamides is 1. The molecule has 1 amide bonds. The highest BCUT2D eigenvalue weighted by Crippen LogP contribution is 2.46. The molecule has 3 heterocycles. The van der Waals surface area contributed by atoms with Crippen molar-refractivity contribution in [2.24, 2.45) is 0 Å². The molecule has 3 aromatic carbocycles. The molecule has 0 aliphatic carbocycles. The number of para-hydroxylation sites is 2. The van der Waals surface area contributed by atoms with Crippen LogP contribution in [0.4, 0.5) is 10.7 Å². The molecule has 0 fully saturated rings. The number of carbonyl (C=O) groups is 1. The van der Waals surface area contributed by atoms with Gasteiger partial charge in [-0.25, -0.2) is 13.4 Å². The number of anilines is 2. The lowest BCUT2D eigenvalue weighted by atomic mass is 10.0. The number of hydrogen-bond donors (Lipinski definition) is 2. The molecule has 0 saturated carbocycles. The number of thiophene rings is 1. The van der Waals surface area contributed by atoms with Crippen LogP contribution in [0.1, 0.15) is 34.1 Å². The summed E-state index contributed by atoms with van der Waals surface area (Å²) in [4.78, 5) is 22.5. The van der Waals surface area contributed by atoms with Crippen LogP contribution in [0.2, 0.25) is 0 Å². The number of carbonyl (C=O) groups excluding carboxylic acids is 1. The number of nitrogens with zero attached hydrogens (tertiary/aromatic N) is 2. The van der Waals surface area contributed by atoms with Crippen molar-refractivity contribution in [3.8, 4) is 10.6 Å². The summed E-state index contributed by atoms with van der Waals surface area (Å²) >= 11 is 3.21. The molecule has 5 aromatic rings. The zero-order valence-corrected chi connectivity index (χ0v) is 24.3. The molecular weight excluding hydrogens is 561 g/mol. The van der Waals surface area contributed by atoms with Gasteiger partial charge in [-0.2, -0.15) is 0 Å². The first-order valence-electron chi connectivity index (χ1n) is 13.1. The smallest absolute Gasteiger partial charge is 0.261 e. The molecule has 0 radical (unpaired) electrons. The van der Waals surface area contributed by atoms with E-state index in [0.717, 1.165) is 58.3 Å². The summed E-state index contributed by atoms with van der Waals surface area (Å²) < 4.78 is 29.7. The van der Waals surface area contributed by atoms with Crippen LogP contribution in [-0.4, -0.2) is 37.3 Å². The highest BCUT2D eigenvalue weighted by atomic mass is 32.2. The van der Waals surface area contributed by atoms with Gasteiger partial charge in [-0.3, -0.25) is 14.4 Å². The summed E-state index contributed by atoms with van der Waals surface area (Å²) in [6.07, 6.45) is 1.98. The van der Waals surface area contributed by atoms with Crippen LogP contribution in [-0.2, 0) is 23.0 Å². The van der Waals surface area contributed by atoms with Gasteiger partial charge in [-0.05, 0) is 61.3 Å². The van der Waals surface area contributed by atoms with Crippen LogP contribution >= 0.6 is 22.7 Å². The Labute approximate surface area is 241 Å². The van der Waals surface area contributed by atoms with Gasteiger partial charge in [0, 0.05) is 23.5 Å². The molecule has 0 unspecified atom stereocenters. The number of benzene rings is 3. The summed E-state index contributed by atoms with van der Waals surface area (Å²) in [5.41, 5.74) is 3.62. The number of hydrogen-bond acceptors (Lipinski definition) is 7. The number of aromatic nitrogens is 1. The third-order valence-corrected chi connectivity index (χ3v) is 10.4. The minimum absolute atomic E-state index is 0.130. The minimum atomic E-state index is -3.86. The third-order valence-electron chi connectivity index (χ3n) is 6.88. The minimum Gasteiger partial charge on any atom is -0.313 e. The molecule has 1 aliphatic heterocycles. The number of rotatable bonds is 8. The number of thiazole rings is 1. The first kappa shape index (κ1) is 26.6. The van der Waals surface area contributed by atoms with E-state index >= 15 is 0 Å². The van der Waals surface area contributed by atoms with Crippen molar-refractivity contribution in [2.45, 2.75) is 31.2 Å². The first-order valence-corrected chi connectivity index (χ1v) is 16.3. The maximum Gasteiger partial charge on any atom is 0.261 e. The molecule has 6 rings (SSSR count). The lowest BCUT2D eigenvalue weighted by Gasteiger charge is -2.26. The van der Waals surface area contributed by atoms with E-state index < -0.39 is 10.0 Å². The molecule has 40 heavy (non-hydrogen) atoms. The van der Waals surface area contributed by atoms with Crippen LogP contribution < -0.4 is 10.0 Å². The van der Waals surface area contributed by atoms with Gasteiger partial charge in [0.2, 0.25) is 0 Å². The van der Waals surface area contributed by atoms with Crippen molar-refractivity contribution in [3.05, 3.63) is 94.9 Å². The zero-order valence-electron chi connectivity index (χ0n) is 21.9. The van der Waals surface area contributed by atoms with E-state index in [9.17, 15) is 13.2 Å². The second-order valence-electron chi connectivity index (χ2n) is 9.64. The fraction of sp³-hybridized carbons (Fsp3) is 0.200. The molecule has 204 valence electrons. The third kappa shape index (κ3) is 5.27. The Morgan fingerprint density at radius 3 is 2.52 bits per heavy atom. The predicted octanol–water partition coefficient (Wildman–Crippen LogP) is 6.85. The Balaban J connectivity index is 1.36. The molecular formula is C30H28N4O3S3. The highest BCUT2D eigenvalue weighted by molar-refractivity contribution is 7.92. The number of fused-ring (bicyclic) bond motifs is 2. The van der Waals surface area contributed by atoms with Crippen molar-refractivity contribution >= 4 is 59.5 Å². The van der Waals surface area contributed by atoms with Crippen LogP contribution in [0.25, 0.3) is 20.8 Å². The Kier molecular flexibility index (Phi) is 7.41. The quantitative estimate of drug-likeness (QED) is 0.207. The van der Waals surface area contributed by atoms with Gasteiger partial charge < -0.3 is 5.32 Å². The lowest BCUT2D eigenvalue weighted by molar-refractivity contribution is 0.102.